The van der Waals surface area contributed by atoms with Crippen molar-refractivity contribution < 1.29 is 9.47 Å². The van der Waals surface area contributed by atoms with Gasteiger partial charge < -0.3 is 14.8 Å². The molecule has 17 heavy (non-hydrogen) atoms. The first kappa shape index (κ1) is 15.4. The molecule has 1 atom stereocenters. The van der Waals surface area contributed by atoms with Crippen LogP contribution < -0.4 is 5.32 Å². The second-order valence-corrected chi connectivity index (χ2v) is 18.2. The molecule has 1 aliphatic heterocycles. The van der Waals surface area contributed by atoms with Gasteiger partial charge in [-0.15, -0.1) is 0 Å². The second kappa shape index (κ2) is 5.97. The van der Waals surface area contributed by atoms with Crippen molar-refractivity contribution in [3.8, 4) is 0 Å². The molecule has 0 saturated carbocycles. The van der Waals surface area contributed by atoms with Crippen LogP contribution in [0.2, 0.25) is 39.3 Å². The molecule has 3 nitrogen and oxygen atoms in total. The predicted molar refractivity (Wildman–Crippen MR) is 78.8 cm³/mol. The highest BCUT2D eigenvalue weighted by atomic mass is 28.3. The van der Waals surface area contributed by atoms with Crippen LogP contribution in [0, 0.1) is 0 Å². The summed E-state index contributed by atoms with van der Waals surface area (Å²) in [5.41, 5.74) is 0.595. The molecule has 0 bridgehead atoms. The van der Waals surface area contributed by atoms with Crippen LogP contribution in [-0.2, 0) is 9.47 Å². The van der Waals surface area contributed by atoms with Crippen LogP contribution >= 0.6 is 0 Å². The van der Waals surface area contributed by atoms with E-state index in [9.17, 15) is 0 Å². The standard InChI is InChI=1S/C12H29NO2Si2/c1-16(2,3)10-13-11(17(4,5)6)9-12-14-7-8-15-12/h11-13H,7-10H2,1-6H3. The topological polar surface area (TPSA) is 30.5 Å². The van der Waals surface area contributed by atoms with Crippen LogP contribution in [0.15, 0.2) is 0 Å². The first-order chi connectivity index (χ1) is 7.68. The Morgan fingerprint density at radius 2 is 1.59 bits per heavy atom. The van der Waals surface area contributed by atoms with Gasteiger partial charge in [-0.05, 0) is 6.17 Å². The van der Waals surface area contributed by atoms with Crippen molar-refractivity contribution in [3.63, 3.8) is 0 Å². The Labute approximate surface area is 108 Å². The number of nitrogens with one attached hydrogen (secondary N) is 1. The van der Waals surface area contributed by atoms with E-state index in [4.69, 9.17) is 9.47 Å². The van der Waals surface area contributed by atoms with Crippen LogP contribution in [0.5, 0.6) is 0 Å². The second-order valence-electron chi connectivity index (χ2n) is 7.27. The van der Waals surface area contributed by atoms with Gasteiger partial charge in [0.25, 0.3) is 0 Å². The van der Waals surface area contributed by atoms with Crippen molar-refractivity contribution in [2.24, 2.45) is 0 Å². The summed E-state index contributed by atoms with van der Waals surface area (Å²) in [6.07, 6.45) is 2.23. The predicted octanol–water partition coefficient (Wildman–Crippen LogP) is 2.46. The molecule has 102 valence electrons. The first-order valence-electron chi connectivity index (χ1n) is 6.65. The minimum Gasteiger partial charge on any atom is -0.350 e. The Morgan fingerprint density at radius 3 is 2.00 bits per heavy atom. The molecule has 1 heterocycles. The van der Waals surface area contributed by atoms with Crippen LogP contribution in [0.1, 0.15) is 6.42 Å². The molecular weight excluding hydrogens is 246 g/mol. The molecule has 1 saturated heterocycles. The van der Waals surface area contributed by atoms with E-state index in [1.54, 1.807) is 0 Å². The summed E-state index contributed by atoms with van der Waals surface area (Å²) in [5, 5.41) is 3.79. The highest BCUT2D eigenvalue weighted by Crippen LogP contribution is 2.18. The van der Waals surface area contributed by atoms with E-state index in [1.807, 2.05) is 0 Å². The third-order valence-electron chi connectivity index (χ3n) is 3.04. The molecule has 0 aliphatic carbocycles. The maximum Gasteiger partial charge on any atom is 0.158 e. The van der Waals surface area contributed by atoms with Crippen molar-refractivity contribution in [2.75, 3.05) is 19.4 Å². The monoisotopic (exact) mass is 275 g/mol. The fourth-order valence-electron chi connectivity index (χ4n) is 1.91. The lowest BCUT2D eigenvalue weighted by atomic mass is 10.4. The van der Waals surface area contributed by atoms with E-state index in [0.29, 0.717) is 5.67 Å². The summed E-state index contributed by atoms with van der Waals surface area (Å²) in [6.45, 7) is 16.0. The molecule has 0 aromatic carbocycles. The Kier molecular flexibility index (Phi) is 5.40. The minimum atomic E-state index is -1.20. The number of hydrogen-bond acceptors (Lipinski definition) is 3. The normalized spacial score (nSPS) is 20.8. The van der Waals surface area contributed by atoms with Gasteiger partial charge in [-0.1, -0.05) is 39.3 Å². The summed E-state index contributed by atoms with van der Waals surface area (Å²) in [6, 6.07) is 0. The van der Waals surface area contributed by atoms with Crippen molar-refractivity contribution in [1.82, 2.24) is 5.32 Å². The smallest absolute Gasteiger partial charge is 0.158 e. The molecule has 0 aromatic heterocycles. The third-order valence-corrected chi connectivity index (χ3v) is 6.84. The van der Waals surface area contributed by atoms with Gasteiger partial charge in [0.2, 0.25) is 0 Å². The van der Waals surface area contributed by atoms with Gasteiger partial charge in [-0.2, -0.15) is 0 Å². The first-order valence-corrected chi connectivity index (χ1v) is 13.9. The molecule has 0 spiro atoms. The summed E-state index contributed by atoms with van der Waals surface area (Å²) in [7, 11) is -2.23. The average molecular weight is 276 g/mol. The molecular formula is C12H29NO2Si2. The van der Waals surface area contributed by atoms with Crippen LogP contribution in [0.4, 0.5) is 0 Å². The lowest BCUT2D eigenvalue weighted by molar-refractivity contribution is -0.0486. The van der Waals surface area contributed by atoms with E-state index >= 15 is 0 Å². The third kappa shape index (κ3) is 6.15. The van der Waals surface area contributed by atoms with Gasteiger partial charge in [-0.3, -0.25) is 0 Å². The molecule has 1 N–H and O–H groups in total. The maximum atomic E-state index is 5.58. The molecule has 1 aliphatic rings. The largest absolute Gasteiger partial charge is 0.350 e. The van der Waals surface area contributed by atoms with E-state index in [1.165, 1.54) is 6.17 Å². The Morgan fingerprint density at radius 1 is 1.06 bits per heavy atom. The van der Waals surface area contributed by atoms with Crippen molar-refractivity contribution in [2.45, 2.75) is 57.7 Å². The zero-order valence-corrected chi connectivity index (χ0v) is 14.3. The maximum absolute atomic E-state index is 5.58. The van der Waals surface area contributed by atoms with Crippen molar-refractivity contribution in [3.05, 3.63) is 0 Å². The zero-order chi connectivity index (χ0) is 13.1. The van der Waals surface area contributed by atoms with Gasteiger partial charge in [-0.25, -0.2) is 0 Å². The minimum absolute atomic E-state index is 0.0286. The fraction of sp³-hybridized carbons (Fsp3) is 1.00. The summed E-state index contributed by atoms with van der Waals surface area (Å²) >= 11 is 0. The molecule has 0 aromatic rings. The van der Waals surface area contributed by atoms with Crippen LogP contribution in [0.3, 0.4) is 0 Å². The van der Waals surface area contributed by atoms with Crippen molar-refractivity contribution in [1.29, 1.82) is 0 Å². The number of hydrogen-bond donors (Lipinski definition) is 1. The van der Waals surface area contributed by atoms with E-state index in [-0.39, 0.29) is 6.29 Å². The van der Waals surface area contributed by atoms with Crippen LogP contribution in [-0.4, -0.2) is 47.5 Å². The fourth-order valence-corrected chi connectivity index (χ4v) is 4.59. The highest BCUT2D eigenvalue weighted by Gasteiger charge is 2.32. The van der Waals surface area contributed by atoms with Gasteiger partial charge >= 0.3 is 0 Å². The Hall–Kier alpha value is 0.314. The van der Waals surface area contributed by atoms with E-state index in [0.717, 1.165) is 19.6 Å². The Bertz CT molecular complexity index is 230. The van der Waals surface area contributed by atoms with Gasteiger partial charge in [0, 0.05) is 12.1 Å². The molecule has 5 heteroatoms. The number of ether oxygens (including phenoxy) is 2. The molecule has 0 amide bonds. The van der Waals surface area contributed by atoms with Crippen molar-refractivity contribution >= 4 is 16.1 Å². The zero-order valence-electron chi connectivity index (χ0n) is 12.3. The van der Waals surface area contributed by atoms with Gasteiger partial charge in [0.15, 0.2) is 6.29 Å². The number of rotatable bonds is 6. The van der Waals surface area contributed by atoms with Gasteiger partial charge in [0.1, 0.15) is 0 Å². The molecule has 1 rings (SSSR count). The summed E-state index contributed by atoms with van der Waals surface area (Å²) < 4.78 is 11.2. The summed E-state index contributed by atoms with van der Waals surface area (Å²) in [4.78, 5) is 0. The lowest BCUT2D eigenvalue weighted by Crippen LogP contribution is -2.54. The van der Waals surface area contributed by atoms with Gasteiger partial charge in [0.05, 0.1) is 29.4 Å². The SMILES string of the molecule is C[Si](C)(C)CNC(CC1OCCO1)[Si](C)(C)C. The van der Waals surface area contributed by atoms with E-state index in [2.05, 4.69) is 44.6 Å². The molecule has 1 fully saturated rings. The molecule has 1 unspecified atom stereocenters. The highest BCUT2D eigenvalue weighted by molar-refractivity contribution is 6.78. The van der Waals surface area contributed by atoms with E-state index < -0.39 is 16.1 Å². The molecule has 0 radical (unpaired) electrons. The van der Waals surface area contributed by atoms with Crippen LogP contribution in [0.25, 0.3) is 0 Å². The summed E-state index contributed by atoms with van der Waals surface area (Å²) in [5.74, 6) is 0. The lowest BCUT2D eigenvalue weighted by Gasteiger charge is -2.33. The Balaban J connectivity index is 2.48. The average Bonchev–Trinajstić information content (AvgIpc) is 2.60. The quantitative estimate of drug-likeness (QED) is 0.756.